The first-order valence-electron chi connectivity index (χ1n) is 5.33. The first kappa shape index (κ1) is 13.2. The summed E-state index contributed by atoms with van der Waals surface area (Å²) in [6.07, 6.45) is -2.83. The van der Waals surface area contributed by atoms with Crippen LogP contribution in [0.2, 0.25) is 0 Å². The molecule has 1 aromatic heterocycles. The van der Waals surface area contributed by atoms with E-state index in [1.54, 1.807) is 11.2 Å². The van der Waals surface area contributed by atoms with E-state index in [1.807, 2.05) is 4.57 Å². The summed E-state index contributed by atoms with van der Waals surface area (Å²) in [6, 6.07) is 0. The van der Waals surface area contributed by atoms with Gasteiger partial charge in [-0.2, -0.15) is 13.2 Å². The number of thiocarbonyl (C=S) groups is 1. The van der Waals surface area contributed by atoms with Gasteiger partial charge in [0.2, 0.25) is 0 Å². The summed E-state index contributed by atoms with van der Waals surface area (Å²) in [6.45, 7) is 1.17. The van der Waals surface area contributed by atoms with Gasteiger partial charge in [0.1, 0.15) is 18.1 Å². The van der Waals surface area contributed by atoms with E-state index in [9.17, 15) is 13.2 Å². The number of nitrogens with two attached hydrogens (primary N) is 1. The molecule has 1 unspecified atom stereocenters. The van der Waals surface area contributed by atoms with Gasteiger partial charge in [0, 0.05) is 19.6 Å². The molecule has 0 aliphatic carbocycles. The Balaban J connectivity index is 2.04. The minimum absolute atomic E-state index is 0.230. The Kier molecular flexibility index (Phi) is 3.53. The van der Waals surface area contributed by atoms with Crippen LogP contribution in [-0.2, 0) is 13.1 Å². The van der Waals surface area contributed by atoms with Crippen molar-refractivity contribution in [1.82, 2.24) is 19.7 Å². The van der Waals surface area contributed by atoms with Crippen molar-refractivity contribution in [3.8, 4) is 0 Å². The summed E-state index contributed by atoms with van der Waals surface area (Å²) in [5.41, 5.74) is 5.17. The van der Waals surface area contributed by atoms with Gasteiger partial charge in [-0.3, -0.25) is 4.90 Å². The van der Waals surface area contributed by atoms with E-state index in [1.165, 1.54) is 0 Å². The van der Waals surface area contributed by atoms with Crippen molar-refractivity contribution in [3.05, 3.63) is 12.2 Å². The largest absolute Gasteiger partial charge is 0.399 e. The highest BCUT2D eigenvalue weighted by Gasteiger charge is 2.42. The quantitative estimate of drug-likeness (QED) is 0.819. The monoisotopic (exact) mass is 279 g/mol. The van der Waals surface area contributed by atoms with Crippen molar-refractivity contribution in [2.45, 2.75) is 19.3 Å². The van der Waals surface area contributed by atoms with Crippen LogP contribution in [0.1, 0.15) is 5.82 Å². The van der Waals surface area contributed by atoms with Crippen molar-refractivity contribution >= 4 is 17.2 Å². The molecule has 5 nitrogen and oxygen atoms in total. The first-order chi connectivity index (χ1) is 8.38. The lowest BCUT2D eigenvalue weighted by molar-refractivity contribution is -0.160. The number of aromatic nitrogens is 3. The van der Waals surface area contributed by atoms with Crippen molar-refractivity contribution in [2.24, 2.45) is 11.7 Å². The zero-order valence-electron chi connectivity index (χ0n) is 9.39. The van der Waals surface area contributed by atoms with E-state index in [2.05, 4.69) is 22.4 Å². The maximum absolute atomic E-state index is 12.7. The predicted octanol–water partition coefficient (Wildman–Crippen LogP) is 0.558. The second-order valence-electron chi connectivity index (χ2n) is 4.17. The molecule has 0 fully saturated rings. The summed E-state index contributed by atoms with van der Waals surface area (Å²) >= 11 is 4.49. The highest BCUT2D eigenvalue weighted by Crippen LogP contribution is 2.28. The fraction of sp³-hybridized carbons (Fsp3) is 0.667. The minimum Gasteiger partial charge on any atom is -0.393 e. The molecule has 0 amide bonds. The van der Waals surface area contributed by atoms with Gasteiger partial charge in [-0.15, -0.1) is 10.2 Å². The van der Waals surface area contributed by atoms with E-state index in [0.717, 1.165) is 0 Å². The van der Waals surface area contributed by atoms with Crippen LogP contribution in [0.25, 0.3) is 0 Å². The maximum Gasteiger partial charge on any atom is 0.399 e. The molecular weight excluding hydrogens is 267 g/mol. The predicted molar refractivity (Wildman–Crippen MR) is 61.6 cm³/mol. The van der Waals surface area contributed by atoms with Crippen LogP contribution in [0.3, 0.4) is 0 Å². The van der Waals surface area contributed by atoms with Crippen LogP contribution in [-0.4, -0.2) is 43.9 Å². The number of nitrogens with zero attached hydrogens (tertiary/aromatic N) is 4. The van der Waals surface area contributed by atoms with Crippen LogP contribution >= 0.6 is 12.2 Å². The molecule has 0 saturated carbocycles. The molecule has 1 atom stereocenters. The van der Waals surface area contributed by atoms with E-state index in [0.29, 0.717) is 25.5 Å². The average molecular weight is 279 g/mol. The third kappa shape index (κ3) is 2.78. The van der Waals surface area contributed by atoms with Gasteiger partial charge in [0.25, 0.3) is 0 Å². The van der Waals surface area contributed by atoms with E-state index in [4.69, 9.17) is 5.73 Å². The highest BCUT2D eigenvalue weighted by atomic mass is 32.1. The topological polar surface area (TPSA) is 60.0 Å². The number of hydrogen-bond donors (Lipinski definition) is 1. The smallest absolute Gasteiger partial charge is 0.393 e. The van der Waals surface area contributed by atoms with Crippen molar-refractivity contribution in [3.63, 3.8) is 0 Å². The van der Waals surface area contributed by atoms with Crippen LogP contribution in [0.4, 0.5) is 13.2 Å². The molecule has 1 aromatic rings. The van der Waals surface area contributed by atoms with Crippen molar-refractivity contribution in [2.75, 3.05) is 13.1 Å². The first-order valence-corrected chi connectivity index (χ1v) is 5.74. The van der Waals surface area contributed by atoms with Gasteiger partial charge in [0.05, 0.1) is 11.5 Å². The van der Waals surface area contributed by atoms with E-state index >= 15 is 0 Å². The molecule has 0 aromatic carbocycles. The number of hydrogen-bond acceptors (Lipinski definition) is 4. The molecule has 2 N–H and O–H groups in total. The summed E-state index contributed by atoms with van der Waals surface area (Å²) in [5.74, 6) is -1.12. The van der Waals surface area contributed by atoms with E-state index < -0.39 is 17.1 Å². The summed E-state index contributed by atoms with van der Waals surface area (Å²) in [5, 5.41) is 7.56. The van der Waals surface area contributed by atoms with Gasteiger partial charge in [-0.05, 0) is 0 Å². The normalized spacial score (nSPS) is 18.4. The molecule has 100 valence electrons. The minimum atomic E-state index is -4.41. The standard InChI is InChI=1S/C9H12F3N5S/c10-9(11,12)6(8(13)18)3-16-1-2-17-5-14-15-7(17)4-16/h5-6H,1-4H2,(H2,13,18). The van der Waals surface area contributed by atoms with Gasteiger partial charge in [0.15, 0.2) is 0 Å². The molecular formula is C9H12F3N5S. The summed E-state index contributed by atoms with van der Waals surface area (Å²) < 4.78 is 40.0. The Labute approximate surface area is 107 Å². The van der Waals surface area contributed by atoms with Crippen LogP contribution in [0.15, 0.2) is 6.33 Å². The average Bonchev–Trinajstić information content (AvgIpc) is 2.70. The third-order valence-corrected chi connectivity index (χ3v) is 3.18. The molecule has 0 bridgehead atoms. The Hall–Kier alpha value is -1.22. The number of fused-ring (bicyclic) bond motifs is 1. The Morgan fingerprint density at radius 1 is 1.50 bits per heavy atom. The maximum atomic E-state index is 12.7. The van der Waals surface area contributed by atoms with Crippen molar-refractivity contribution < 1.29 is 13.2 Å². The highest BCUT2D eigenvalue weighted by molar-refractivity contribution is 7.80. The fourth-order valence-corrected chi connectivity index (χ4v) is 2.09. The second-order valence-corrected chi connectivity index (χ2v) is 4.64. The number of rotatable bonds is 3. The van der Waals surface area contributed by atoms with Crippen LogP contribution < -0.4 is 5.73 Å². The fourth-order valence-electron chi connectivity index (χ4n) is 1.89. The lowest BCUT2D eigenvalue weighted by Gasteiger charge is -2.30. The molecule has 0 radical (unpaired) electrons. The number of halogens is 3. The number of alkyl halides is 3. The van der Waals surface area contributed by atoms with Gasteiger partial charge in [-0.25, -0.2) is 0 Å². The second kappa shape index (κ2) is 4.81. The molecule has 18 heavy (non-hydrogen) atoms. The third-order valence-electron chi connectivity index (χ3n) is 2.90. The zero-order chi connectivity index (χ0) is 13.3. The molecule has 0 spiro atoms. The zero-order valence-corrected chi connectivity index (χ0v) is 10.2. The Morgan fingerprint density at radius 3 is 2.83 bits per heavy atom. The lowest BCUT2D eigenvalue weighted by atomic mass is 10.1. The SMILES string of the molecule is NC(=S)C(CN1CCn2cnnc2C1)C(F)(F)F. The van der Waals surface area contributed by atoms with Gasteiger partial charge < -0.3 is 10.3 Å². The van der Waals surface area contributed by atoms with E-state index in [-0.39, 0.29) is 6.54 Å². The Bertz CT molecular complexity index is 444. The van der Waals surface area contributed by atoms with Gasteiger partial charge in [-0.1, -0.05) is 12.2 Å². The van der Waals surface area contributed by atoms with Crippen molar-refractivity contribution in [1.29, 1.82) is 0 Å². The molecule has 1 aliphatic heterocycles. The molecule has 2 rings (SSSR count). The molecule has 1 aliphatic rings. The molecule has 9 heteroatoms. The molecule has 0 saturated heterocycles. The van der Waals surface area contributed by atoms with Gasteiger partial charge >= 0.3 is 6.18 Å². The summed E-state index contributed by atoms with van der Waals surface area (Å²) in [4.78, 5) is 1.12. The summed E-state index contributed by atoms with van der Waals surface area (Å²) in [7, 11) is 0. The van der Waals surface area contributed by atoms with Crippen LogP contribution in [0.5, 0.6) is 0 Å². The Morgan fingerprint density at radius 2 is 2.22 bits per heavy atom. The molecule has 2 heterocycles. The lowest BCUT2D eigenvalue weighted by Crippen LogP contribution is -2.45. The van der Waals surface area contributed by atoms with Crippen LogP contribution in [0, 0.1) is 5.92 Å².